The topological polar surface area (TPSA) is 14.7 Å². The summed E-state index contributed by atoms with van der Waals surface area (Å²) in [5, 5.41) is 13.0. The average Bonchev–Trinajstić information content (AvgIpc) is 0.965. The van der Waals surface area contributed by atoms with Crippen molar-refractivity contribution in [2.75, 3.05) is 14.7 Å². The molecule has 0 radical (unpaired) electrons. The van der Waals surface area contributed by atoms with Crippen LogP contribution in [0.15, 0.2) is 392 Å². The predicted octanol–water partition coefficient (Wildman–Crippen LogP) is 15.6. The Morgan fingerprint density at radius 2 is 0.592 bits per heavy atom. The number of aromatic nitrogens is 1. The van der Waals surface area contributed by atoms with E-state index in [1.54, 1.807) is 0 Å². The van der Waals surface area contributed by atoms with Crippen LogP contribution in [-0.4, -0.2) is 27.4 Å². The Bertz CT molecular complexity index is 5470. The summed E-state index contributed by atoms with van der Waals surface area (Å²) in [6.45, 7) is -0.184. The van der Waals surface area contributed by atoms with E-state index in [2.05, 4.69) is 401 Å². The van der Waals surface area contributed by atoms with E-state index in [0.717, 1.165) is 62.4 Å². The third kappa shape index (κ3) is 8.92. The summed E-state index contributed by atoms with van der Waals surface area (Å²) in [6.07, 6.45) is 0. The van der Waals surface area contributed by atoms with Gasteiger partial charge in [0.1, 0.15) is 0 Å². The second-order valence-corrected chi connectivity index (χ2v) is 34.5. The third-order valence-corrected chi connectivity index (χ3v) is 31.5. The lowest BCUT2D eigenvalue weighted by Gasteiger charge is -2.45. The number of anilines is 9. The molecule has 0 spiro atoms. The lowest BCUT2D eigenvalue weighted by Crippen LogP contribution is -2.74. The molecule has 4 heterocycles. The molecule has 4 nitrogen and oxygen atoms in total. The van der Waals surface area contributed by atoms with Crippen molar-refractivity contribution in [3.63, 3.8) is 0 Å². The Morgan fingerprint density at radius 1 is 0.224 bits per heavy atom. The van der Waals surface area contributed by atoms with Crippen LogP contribution >= 0.6 is 11.8 Å². The molecule has 460 valence electrons. The Morgan fingerprint density at radius 3 is 1.07 bits per heavy atom. The molecular formula is C90H63BN4SSi2. The van der Waals surface area contributed by atoms with Crippen molar-refractivity contribution in [3.8, 4) is 5.69 Å². The second kappa shape index (κ2) is 23.6. The van der Waals surface area contributed by atoms with Gasteiger partial charge in [-0.05, 0) is 149 Å². The van der Waals surface area contributed by atoms with E-state index in [0.29, 0.717) is 0 Å². The fourth-order valence-corrected chi connectivity index (χ4v) is 27.4. The van der Waals surface area contributed by atoms with Crippen LogP contribution in [-0.2, 0) is 0 Å². The largest absolute Gasteiger partial charge is 0.311 e. The van der Waals surface area contributed by atoms with E-state index in [-0.39, 0.29) is 6.71 Å². The molecule has 0 bridgehead atoms. The van der Waals surface area contributed by atoms with E-state index < -0.39 is 16.1 Å². The van der Waals surface area contributed by atoms with Gasteiger partial charge in [0.2, 0.25) is 0 Å². The fourth-order valence-electron chi connectivity index (χ4n) is 16.8. The highest BCUT2D eigenvalue weighted by atomic mass is 32.2. The molecule has 0 N–H and O–H groups in total. The fraction of sp³-hybridized carbons (Fsp3) is 0. The van der Waals surface area contributed by atoms with E-state index in [1.807, 2.05) is 11.8 Å². The van der Waals surface area contributed by atoms with Crippen molar-refractivity contribution in [1.29, 1.82) is 0 Å². The summed E-state index contributed by atoms with van der Waals surface area (Å²) in [5.74, 6) is 0. The molecule has 19 rings (SSSR count). The summed E-state index contributed by atoms with van der Waals surface area (Å²) in [4.78, 5) is 10.3. The molecule has 0 saturated carbocycles. The molecule has 0 unspecified atom stereocenters. The van der Waals surface area contributed by atoms with Crippen LogP contribution < -0.4 is 72.6 Å². The minimum absolute atomic E-state index is 0.184. The maximum absolute atomic E-state index is 3.08. The van der Waals surface area contributed by atoms with Gasteiger partial charge in [0, 0.05) is 60.4 Å². The van der Waals surface area contributed by atoms with Gasteiger partial charge in [-0.2, -0.15) is 0 Å². The van der Waals surface area contributed by atoms with Crippen LogP contribution in [0.4, 0.5) is 51.2 Å². The number of benzene rings is 15. The predicted molar refractivity (Wildman–Crippen MR) is 421 cm³/mol. The minimum atomic E-state index is -3.08. The highest BCUT2D eigenvalue weighted by molar-refractivity contribution is 7.99. The van der Waals surface area contributed by atoms with Crippen LogP contribution in [0.1, 0.15) is 0 Å². The number of rotatable bonds is 12. The van der Waals surface area contributed by atoms with Gasteiger partial charge in [-0.15, -0.1) is 0 Å². The zero-order chi connectivity index (χ0) is 64.7. The Balaban J connectivity index is 0.949. The maximum Gasteiger partial charge on any atom is 0.252 e. The second-order valence-electron chi connectivity index (χ2n) is 25.8. The van der Waals surface area contributed by atoms with Crippen LogP contribution in [0, 0.1) is 0 Å². The van der Waals surface area contributed by atoms with Crippen molar-refractivity contribution in [2.24, 2.45) is 0 Å². The van der Waals surface area contributed by atoms with E-state index in [1.165, 1.54) is 84.0 Å². The number of hydrogen-bond donors (Lipinski definition) is 0. The van der Waals surface area contributed by atoms with Gasteiger partial charge >= 0.3 is 0 Å². The first-order valence-corrected chi connectivity index (χ1v) is 38.7. The van der Waals surface area contributed by atoms with Gasteiger partial charge in [0.05, 0.1) is 28.1 Å². The van der Waals surface area contributed by atoms with Crippen molar-refractivity contribution < 1.29 is 0 Å². The SMILES string of the molecule is c1ccc(-n2c3ccccc3c3cc4c(cc32)N(c2cccc([Si](c3ccccc3)(c3ccccc3)c3ccccc3)c2)c2cc(N3c5ccccc5Sc5ccccc53)cc3c2B4c2ccccc2N3c2cccc([Si](c3ccccc3)(c3ccccc3)c3ccccc3)c2)cc1. The first kappa shape index (κ1) is 57.8. The standard InChI is InChI=1S/C90H63BN4SSi2/c1-8-32-64(33-9-1)92-80-52-24-22-50-76(80)77-62-79-85(63-84(77)92)94(66-35-31-49-75(59-66)98(71-42-16-5-17-43-71,72-44-18-6-19-45-72)73-46-20-7-21-47-73)87-61-67(95-82-54-26-28-56-88(82)96-89-57-29-27-55-83(89)95)60-86-90(87)91(79)78-51-23-25-53-81(78)93(86)65-34-30-48-74(58-65)97(68-36-10-2-11-37-68,69-38-12-3-13-39-69)70-40-14-4-15-41-70/h1-63H. The van der Waals surface area contributed by atoms with Crippen molar-refractivity contribution in [2.45, 2.75) is 9.79 Å². The number of nitrogens with zero attached hydrogens (tertiary/aromatic N) is 4. The first-order chi connectivity index (χ1) is 48.6. The lowest BCUT2D eigenvalue weighted by atomic mass is 9.33. The highest BCUT2D eigenvalue weighted by Gasteiger charge is 2.48. The normalized spacial score (nSPS) is 13.0. The molecule has 3 aliphatic rings. The van der Waals surface area contributed by atoms with Crippen molar-refractivity contribution in [3.05, 3.63) is 382 Å². The summed E-state index contributed by atoms with van der Waals surface area (Å²) in [5.41, 5.74) is 17.4. The van der Waals surface area contributed by atoms with Gasteiger partial charge < -0.3 is 19.3 Å². The van der Waals surface area contributed by atoms with Gasteiger partial charge in [-0.1, -0.05) is 303 Å². The summed E-state index contributed by atoms with van der Waals surface area (Å²) in [6, 6.07) is 145. The van der Waals surface area contributed by atoms with Gasteiger partial charge in [-0.25, -0.2) is 0 Å². The van der Waals surface area contributed by atoms with Crippen LogP contribution in [0.3, 0.4) is 0 Å². The molecule has 15 aromatic carbocycles. The molecular weight excluding hydrogens is 1240 g/mol. The summed E-state index contributed by atoms with van der Waals surface area (Å²) >= 11 is 1.85. The zero-order valence-electron chi connectivity index (χ0n) is 53.6. The Kier molecular flexibility index (Phi) is 13.9. The highest BCUT2D eigenvalue weighted by Crippen LogP contribution is 2.54. The Labute approximate surface area is 578 Å². The molecule has 3 aliphatic heterocycles. The van der Waals surface area contributed by atoms with Crippen LogP contribution in [0.2, 0.25) is 0 Å². The number of para-hydroxylation sites is 5. The van der Waals surface area contributed by atoms with E-state index in [9.17, 15) is 0 Å². The molecule has 1 aromatic heterocycles. The molecule has 0 fully saturated rings. The Hall–Kier alpha value is -11.7. The van der Waals surface area contributed by atoms with Crippen molar-refractivity contribution in [1.82, 2.24) is 4.57 Å². The van der Waals surface area contributed by atoms with Crippen LogP contribution in [0.25, 0.3) is 27.5 Å². The maximum atomic E-state index is 2.67. The quantitative estimate of drug-likeness (QED) is 0.0894. The van der Waals surface area contributed by atoms with Gasteiger partial charge in [0.15, 0.2) is 16.1 Å². The minimum Gasteiger partial charge on any atom is -0.311 e. The molecule has 0 amide bonds. The first-order valence-electron chi connectivity index (χ1n) is 33.8. The molecule has 0 atom stereocenters. The summed E-state index contributed by atoms with van der Waals surface area (Å²) in [7, 11) is -6.11. The van der Waals surface area contributed by atoms with E-state index >= 15 is 0 Å². The van der Waals surface area contributed by atoms with Crippen molar-refractivity contribution >= 4 is 165 Å². The molecule has 98 heavy (non-hydrogen) atoms. The average molecular weight is 1300 g/mol. The lowest BCUT2D eigenvalue weighted by molar-refractivity contribution is 1.16. The monoisotopic (exact) mass is 1300 g/mol. The van der Waals surface area contributed by atoms with Crippen LogP contribution in [0.5, 0.6) is 0 Å². The van der Waals surface area contributed by atoms with Gasteiger partial charge in [0.25, 0.3) is 6.71 Å². The number of fused-ring (bicyclic) bond motifs is 9. The van der Waals surface area contributed by atoms with E-state index in [4.69, 9.17) is 0 Å². The smallest absolute Gasteiger partial charge is 0.252 e. The number of hydrogen-bond acceptors (Lipinski definition) is 4. The molecule has 16 aromatic rings. The molecule has 0 saturated heterocycles. The zero-order valence-corrected chi connectivity index (χ0v) is 56.5. The molecule has 0 aliphatic carbocycles. The summed E-state index contributed by atoms with van der Waals surface area (Å²) < 4.78 is 2.49. The third-order valence-electron chi connectivity index (χ3n) is 20.8. The van der Waals surface area contributed by atoms with Gasteiger partial charge in [-0.3, -0.25) is 0 Å². The molecule has 8 heteroatoms.